The van der Waals surface area contributed by atoms with Crippen LogP contribution < -0.4 is 15.4 Å². The Balaban J connectivity index is 1.64. The van der Waals surface area contributed by atoms with Crippen molar-refractivity contribution >= 4 is 27.5 Å². The summed E-state index contributed by atoms with van der Waals surface area (Å²) in [7, 11) is -3.29. The second-order valence-corrected chi connectivity index (χ2v) is 8.33. The van der Waals surface area contributed by atoms with E-state index in [9.17, 15) is 12.8 Å². The maximum absolute atomic E-state index is 14.1. The standard InChI is InChI=1S/C18H22FN7O3S/c1-30(28,29)23-9-14-4-2-3-13(7-14)8-20-17-16(19)11-21-18(25-17)24-15-10-22-26(12-15)5-6-27/h2-4,7,10-12,23,27H,5-6,8-9H2,1H3,(H2,20,21,24,25). The van der Waals surface area contributed by atoms with Gasteiger partial charge in [0.05, 0.1) is 37.5 Å². The summed E-state index contributed by atoms with van der Waals surface area (Å²) in [6.07, 6.45) is 5.37. The topological polar surface area (TPSA) is 134 Å². The number of hydrogen-bond acceptors (Lipinski definition) is 8. The van der Waals surface area contributed by atoms with Crippen molar-refractivity contribution in [3.8, 4) is 0 Å². The number of nitrogens with zero attached hydrogens (tertiary/aromatic N) is 4. The third kappa shape index (κ3) is 6.47. The Labute approximate surface area is 173 Å². The van der Waals surface area contributed by atoms with Gasteiger partial charge >= 0.3 is 0 Å². The summed E-state index contributed by atoms with van der Waals surface area (Å²) in [4.78, 5) is 8.06. The molecule has 2 aromatic heterocycles. The zero-order chi connectivity index (χ0) is 21.6. The number of aliphatic hydroxyl groups is 1. The van der Waals surface area contributed by atoms with E-state index in [1.165, 1.54) is 0 Å². The predicted molar refractivity (Wildman–Crippen MR) is 110 cm³/mol. The molecule has 0 unspecified atom stereocenters. The fourth-order valence-electron chi connectivity index (χ4n) is 2.58. The van der Waals surface area contributed by atoms with E-state index in [0.717, 1.165) is 23.6 Å². The highest BCUT2D eigenvalue weighted by atomic mass is 32.2. The molecule has 0 spiro atoms. The third-order valence-corrected chi connectivity index (χ3v) is 4.62. The molecule has 30 heavy (non-hydrogen) atoms. The first-order chi connectivity index (χ1) is 14.3. The van der Waals surface area contributed by atoms with E-state index < -0.39 is 15.8 Å². The Morgan fingerprint density at radius 2 is 1.97 bits per heavy atom. The molecular formula is C18H22FN7O3S. The summed E-state index contributed by atoms with van der Waals surface area (Å²) in [5.41, 5.74) is 2.22. The number of sulfonamides is 1. The van der Waals surface area contributed by atoms with Crippen LogP contribution in [0.25, 0.3) is 0 Å². The summed E-state index contributed by atoms with van der Waals surface area (Å²) in [6, 6.07) is 7.25. The van der Waals surface area contributed by atoms with E-state index in [0.29, 0.717) is 12.2 Å². The monoisotopic (exact) mass is 435 g/mol. The third-order valence-electron chi connectivity index (χ3n) is 3.95. The second kappa shape index (κ2) is 9.61. The van der Waals surface area contributed by atoms with Crippen LogP contribution >= 0.6 is 0 Å². The Kier molecular flexibility index (Phi) is 6.92. The average Bonchev–Trinajstić information content (AvgIpc) is 3.14. The number of aromatic nitrogens is 4. The molecule has 3 rings (SSSR count). The second-order valence-electron chi connectivity index (χ2n) is 6.50. The van der Waals surface area contributed by atoms with Gasteiger partial charge in [0.2, 0.25) is 16.0 Å². The molecule has 0 radical (unpaired) electrons. The van der Waals surface area contributed by atoms with Crippen molar-refractivity contribution in [2.75, 3.05) is 23.5 Å². The molecular weight excluding hydrogens is 413 g/mol. The van der Waals surface area contributed by atoms with Gasteiger partial charge in [-0.05, 0) is 11.1 Å². The minimum absolute atomic E-state index is 0.0231. The van der Waals surface area contributed by atoms with Gasteiger partial charge < -0.3 is 15.7 Å². The summed E-state index contributed by atoms with van der Waals surface area (Å²) < 4.78 is 40.6. The van der Waals surface area contributed by atoms with Crippen LogP contribution in [0.3, 0.4) is 0 Å². The molecule has 12 heteroatoms. The van der Waals surface area contributed by atoms with Crippen LogP contribution in [0, 0.1) is 5.82 Å². The molecule has 0 atom stereocenters. The van der Waals surface area contributed by atoms with Gasteiger partial charge in [0.1, 0.15) is 0 Å². The molecule has 0 aliphatic heterocycles. The SMILES string of the molecule is CS(=O)(=O)NCc1cccc(CNc2nc(Nc3cnn(CCO)c3)ncc2F)c1. The lowest BCUT2D eigenvalue weighted by Crippen LogP contribution is -2.21. The van der Waals surface area contributed by atoms with Crippen molar-refractivity contribution in [1.29, 1.82) is 0 Å². The van der Waals surface area contributed by atoms with Crippen molar-refractivity contribution in [2.45, 2.75) is 19.6 Å². The highest BCUT2D eigenvalue weighted by molar-refractivity contribution is 7.88. The van der Waals surface area contributed by atoms with Crippen molar-refractivity contribution in [3.05, 3.63) is 59.8 Å². The first-order valence-corrected chi connectivity index (χ1v) is 10.9. The van der Waals surface area contributed by atoms with Gasteiger partial charge in [-0.3, -0.25) is 4.68 Å². The van der Waals surface area contributed by atoms with Gasteiger partial charge in [-0.25, -0.2) is 22.5 Å². The normalized spacial score (nSPS) is 11.4. The largest absolute Gasteiger partial charge is 0.394 e. The van der Waals surface area contributed by atoms with Crippen LogP contribution in [-0.4, -0.2) is 46.1 Å². The Hall–Kier alpha value is -3.09. The average molecular weight is 435 g/mol. The van der Waals surface area contributed by atoms with E-state index in [4.69, 9.17) is 5.11 Å². The molecule has 0 fully saturated rings. The number of rotatable bonds is 10. The molecule has 0 aliphatic rings. The zero-order valence-electron chi connectivity index (χ0n) is 16.2. The van der Waals surface area contributed by atoms with Crippen LogP contribution in [0.15, 0.2) is 42.9 Å². The van der Waals surface area contributed by atoms with E-state index in [2.05, 4.69) is 30.4 Å². The number of halogens is 1. The Morgan fingerprint density at radius 1 is 1.20 bits per heavy atom. The molecule has 0 aliphatic carbocycles. The maximum Gasteiger partial charge on any atom is 0.229 e. The van der Waals surface area contributed by atoms with Gasteiger partial charge in [-0.2, -0.15) is 10.1 Å². The van der Waals surface area contributed by atoms with Crippen LogP contribution in [0.4, 0.5) is 21.8 Å². The van der Waals surface area contributed by atoms with Gasteiger partial charge in [0.15, 0.2) is 11.6 Å². The van der Waals surface area contributed by atoms with Crippen LogP contribution in [-0.2, 0) is 29.7 Å². The van der Waals surface area contributed by atoms with Gasteiger partial charge in [0.25, 0.3) is 0 Å². The lowest BCUT2D eigenvalue weighted by atomic mass is 10.1. The van der Waals surface area contributed by atoms with Crippen LogP contribution in [0.2, 0.25) is 0 Å². The fourth-order valence-corrected chi connectivity index (χ4v) is 3.01. The van der Waals surface area contributed by atoms with Gasteiger partial charge in [-0.1, -0.05) is 24.3 Å². The first-order valence-electron chi connectivity index (χ1n) is 9.01. The predicted octanol–water partition coefficient (Wildman–Crippen LogP) is 1.21. The summed E-state index contributed by atoms with van der Waals surface area (Å²) in [5, 5.41) is 18.8. The van der Waals surface area contributed by atoms with Crippen molar-refractivity contribution in [2.24, 2.45) is 0 Å². The Morgan fingerprint density at radius 3 is 2.70 bits per heavy atom. The molecule has 4 N–H and O–H groups in total. The molecule has 0 bridgehead atoms. The molecule has 0 amide bonds. The highest BCUT2D eigenvalue weighted by Crippen LogP contribution is 2.17. The fraction of sp³-hybridized carbons (Fsp3) is 0.278. The molecule has 2 heterocycles. The summed E-state index contributed by atoms with van der Waals surface area (Å²) >= 11 is 0. The van der Waals surface area contributed by atoms with Crippen LogP contribution in [0.5, 0.6) is 0 Å². The maximum atomic E-state index is 14.1. The number of hydrogen-bond donors (Lipinski definition) is 4. The first kappa shape index (κ1) is 21.6. The molecule has 160 valence electrons. The minimum atomic E-state index is -3.29. The molecule has 10 nitrogen and oxygen atoms in total. The van der Waals surface area contributed by atoms with E-state index >= 15 is 0 Å². The number of anilines is 3. The zero-order valence-corrected chi connectivity index (χ0v) is 17.0. The minimum Gasteiger partial charge on any atom is -0.394 e. The number of benzene rings is 1. The quantitative estimate of drug-likeness (QED) is 0.373. The smallest absolute Gasteiger partial charge is 0.229 e. The summed E-state index contributed by atoms with van der Waals surface area (Å²) in [6.45, 7) is 0.784. The van der Waals surface area contributed by atoms with Gasteiger partial charge in [0, 0.05) is 19.3 Å². The summed E-state index contributed by atoms with van der Waals surface area (Å²) in [5.74, 6) is -0.394. The Bertz CT molecular complexity index is 1100. The highest BCUT2D eigenvalue weighted by Gasteiger charge is 2.09. The van der Waals surface area contributed by atoms with Crippen molar-refractivity contribution in [1.82, 2.24) is 24.5 Å². The molecule has 3 aromatic rings. The molecule has 1 aromatic carbocycles. The number of nitrogens with one attached hydrogen (secondary N) is 3. The number of aliphatic hydroxyl groups excluding tert-OH is 1. The van der Waals surface area contributed by atoms with E-state index in [-0.39, 0.29) is 31.5 Å². The van der Waals surface area contributed by atoms with E-state index in [1.54, 1.807) is 29.2 Å². The lowest BCUT2D eigenvalue weighted by molar-refractivity contribution is 0.269. The van der Waals surface area contributed by atoms with Crippen molar-refractivity contribution in [3.63, 3.8) is 0 Å². The molecule has 0 saturated heterocycles. The van der Waals surface area contributed by atoms with Crippen LogP contribution in [0.1, 0.15) is 11.1 Å². The lowest BCUT2D eigenvalue weighted by Gasteiger charge is -2.10. The van der Waals surface area contributed by atoms with Gasteiger partial charge in [-0.15, -0.1) is 0 Å². The van der Waals surface area contributed by atoms with E-state index in [1.807, 2.05) is 12.1 Å². The van der Waals surface area contributed by atoms with Crippen molar-refractivity contribution < 1.29 is 17.9 Å². The molecule has 0 saturated carbocycles.